The third-order valence-electron chi connectivity index (χ3n) is 3.81. The van der Waals surface area contributed by atoms with Crippen LogP contribution in [-0.2, 0) is 4.79 Å². The first-order chi connectivity index (χ1) is 9.15. The predicted molar refractivity (Wildman–Crippen MR) is 77.9 cm³/mol. The molecule has 0 saturated carbocycles. The number of rotatable bonds is 4. The number of likely N-dealkylation sites (tertiary alicyclic amines) is 1. The molecule has 1 aliphatic heterocycles. The number of nitrogens with one attached hydrogen (secondary N) is 1. The fourth-order valence-electron chi connectivity index (χ4n) is 2.38. The Morgan fingerprint density at radius 1 is 1.42 bits per heavy atom. The summed E-state index contributed by atoms with van der Waals surface area (Å²) in [6.07, 6.45) is 1.65. The Morgan fingerprint density at radius 2 is 2.16 bits per heavy atom. The molecular weight excluding hydrogens is 238 g/mol. The first-order valence-corrected chi connectivity index (χ1v) is 6.98. The minimum absolute atomic E-state index is 0.0680. The molecule has 2 rings (SSSR count). The lowest BCUT2D eigenvalue weighted by Gasteiger charge is -2.34. The number of nitrogens with zero attached hydrogens (tertiary/aromatic N) is 1. The highest BCUT2D eigenvalue weighted by molar-refractivity contribution is 5.90. The summed E-state index contributed by atoms with van der Waals surface area (Å²) in [5, 5.41) is 2.90. The van der Waals surface area contributed by atoms with Crippen molar-refractivity contribution in [2.45, 2.75) is 25.8 Å². The van der Waals surface area contributed by atoms with E-state index in [1.54, 1.807) is 0 Å². The average Bonchev–Trinajstić information content (AvgIpc) is 2.41. The van der Waals surface area contributed by atoms with Gasteiger partial charge in [0.2, 0.25) is 5.91 Å². The molecule has 0 aromatic heterocycles. The number of piperidine rings is 1. The van der Waals surface area contributed by atoms with Crippen LogP contribution in [0.2, 0.25) is 0 Å². The minimum atomic E-state index is 0.0680. The lowest BCUT2D eigenvalue weighted by Crippen LogP contribution is -2.48. The summed E-state index contributed by atoms with van der Waals surface area (Å²) in [5.74, 6) is 0.660. The van der Waals surface area contributed by atoms with Crippen molar-refractivity contribution in [2.75, 3.05) is 25.0 Å². The van der Waals surface area contributed by atoms with Crippen molar-refractivity contribution < 1.29 is 4.79 Å². The smallest absolute Gasteiger partial charge is 0.225 e. The van der Waals surface area contributed by atoms with Crippen molar-refractivity contribution in [1.82, 2.24) is 4.90 Å². The molecule has 1 heterocycles. The van der Waals surface area contributed by atoms with Crippen LogP contribution in [0.3, 0.4) is 0 Å². The number of nitrogens with two attached hydrogens (primary N) is 1. The number of hydrogen-bond acceptors (Lipinski definition) is 3. The van der Waals surface area contributed by atoms with E-state index in [4.69, 9.17) is 5.73 Å². The average molecular weight is 261 g/mol. The quantitative estimate of drug-likeness (QED) is 0.867. The lowest BCUT2D eigenvalue weighted by atomic mass is 9.94. The van der Waals surface area contributed by atoms with Crippen LogP contribution in [0.1, 0.15) is 19.8 Å². The second-order valence-electron chi connectivity index (χ2n) is 5.39. The maximum absolute atomic E-state index is 11.8. The van der Waals surface area contributed by atoms with Crippen molar-refractivity contribution in [3.63, 3.8) is 0 Å². The monoisotopic (exact) mass is 261 g/mol. The van der Waals surface area contributed by atoms with E-state index in [0.29, 0.717) is 12.3 Å². The van der Waals surface area contributed by atoms with Gasteiger partial charge < -0.3 is 16.0 Å². The Balaban J connectivity index is 1.72. The van der Waals surface area contributed by atoms with Gasteiger partial charge in [0, 0.05) is 31.2 Å². The normalized spacial score (nSPS) is 24.1. The maximum atomic E-state index is 11.8. The molecule has 1 saturated heterocycles. The highest BCUT2D eigenvalue weighted by atomic mass is 16.1. The molecule has 104 valence electrons. The summed E-state index contributed by atoms with van der Waals surface area (Å²) >= 11 is 0. The zero-order chi connectivity index (χ0) is 13.7. The summed E-state index contributed by atoms with van der Waals surface area (Å²) < 4.78 is 0. The number of para-hydroxylation sites is 1. The summed E-state index contributed by atoms with van der Waals surface area (Å²) in [6.45, 7) is 4.94. The molecule has 1 amide bonds. The molecule has 0 spiro atoms. The molecule has 1 aromatic carbocycles. The summed E-state index contributed by atoms with van der Waals surface area (Å²) in [4.78, 5) is 14.1. The molecule has 1 aliphatic rings. The third kappa shape index (κ3) is 4.33. The highest BCUT2D eigenvalue weighted by Crippen LogP contribution is 2.15. The molecule has 0 aliphatic carbocycles. The molecule has 1 aromatic rings. The fourth-order valence-corrected chi connectivity index (χ4v) is 2.38. The van der Waals surface area contributed by atoms with Gasteiger partial charge in [0.15, 0.2) is 0 Å². The number of carbonyl (C=O) groups is 1. The van der Waals surface area contributed by atoms with Crippen LogP contribution >= 0.6 is 0 Å². The maximum Gasteiger partial charge on any atom is 0.225 e. The van der Waals surface area contributed by atoms with Gasteiger partial charge >= 0.3 is 0 Å². The van der Waals surface area contributed by atoms with Crippen molar-refractivity contribution in [1.29, 1.82) is 0 Å². The van der Waals surface area contributed by atoms with E-state index in [0.717, 1.165) is 31.7 Å². The van der Waals surface area contributed by atoms with Gasteiger partial charge in [-0.25, -0.2) is 0 Å². The van der Waals surface area contributed by atoms with Gasteiger partial charge in [-0.3, -0.25) is 4.79 Å². The van der Waals surface area contributed by atoms with Crippen molar-refractivity contribution >= 4 is 11.6 Å². The van der Waals surface area contributed by atoms with E-state index in [9.17, 15) is 4.79 Å². The highest BCUT2D eigenvalue weighted by Gasteiger charge is 2.23. The van der Waals surface area contributed by atoms with E-state index < -0.39 is 0 Å². The van der Waals surface area contributed by atoms with Crippen LogP contribution in [0.15, 0.2) is 30.3 Å². The number of amides is 1. The summed E-state index contributed by atoms with van der Waals surface area (Å²) in [6, 6.07) is 9.81. The largest absolute Gasteiger partial charge is 0.326 e. The van der Waals surface area contributed by atoms with Crippen molar-refractivity contribution in [3.05, 3.63) is 30.3 Å². The number of carbonyl (C=O) groups excluding carboxylic acids is 1. The van der Waals surface area contributed by atoms with Crippen LogP contribution in [0.5, 0.6) is 0 Å². The Bertz CT molecular complexity index is 407. The Kier molecular flexibility index (Phi) is 4.93. The molecule has 0 bridgehead atoms. The zero-order valence-corrected chi connectivity index (χ0v) is 11.5. The van der Waals surface area contributed by atoms with Gasteiger partial charge in [-0.15, -0.1) is 0 Å². The first-order valence-electron chi connectivity index (χ1n) is 6.98. The number of benzene rings is 1. The molecule has 4 nitrogen and oxygen atoms in total. The number of anilines is 1. The molecule has 4 heteroatoms. The molecule has 19 heavy (non-hydrogen) atoms. The molecule has 2 atom stereocenters. The van der Waals surface area contributed by atoms with Gasteiger partial charge in [0.1, 0.15) is 0 Å². The van der Waals surface area contributed by atoms with Crippen LogP contribution in [0.25, 0.3) is 0 Å². The molecule has 0 radical (unpaired) electrons. The zero-order valence-electron chi connectivity index (χ0n) is 11.5. The topological polar surface area (TPSA) is 58.4 Å². The fraction of sp³-hybridized carbons (Fsp3) is 0.533. The van der Waals surface area contributed by atoms with Crippen molar-refractivity contribution in [2.24, 2.45) is 11.7 Å². The molecule has 1 fully saturated rings. The van der Waals surface area contributed by atoms with Crippen LogP contribution < -0.4 is 11.1 Å². The third-order valence-corrected chi connectivity index (χ3v) is 3.81. The Hall–Kier alpha value is -1.39. The molecular formula is C15H23N3O. The van der Waals surface area contributed by atoms with E-state index in [2.05, 4.69) is 17.1 Å². The minimum Gasteiger partial charge on any atom is -0.326 e. The predicted octanol–water partition coefficient (Wildman–Crippen LogP) is 1.68. The van der Waals surface area contributed by atoms with Gasteiger partial charge in [-0.1, -0.05) is 25.1 Å². The summed E-state index contributed by atoms with van der Waals surface area (Å²) in [7, 11) is 0. The Labute approximate surface area is 115 Å². The van der Waals surface area contributed by atoms with E-state index in [1.807, 2.05) is 30.3 Å². The second kappa shape index (κ2) is 6.68. The first kappa shape index (κ1) is 14.0. The van der Waals surface area contributed by atoms with E-state index in [1.165, 1.54) is 0 Å². The number of hydrogen-bond donors (Lipinski definition) is 2. The molecule has 2 unspecified atom stereocenters. The van der Waals surface area contributed by atoms with Gasteiger partial charge in [0.25, 0.3) is 0 Å². The van der Waals surface area contributed by atoms with Crippen LogP contribution in [0.4, 0.5) is 5.69 Å². The van der Waals surface area contributed by atoms with E-state index in [-0.39, 0.29) is 11.9 Å². The van der Waals surface area contributed by atoms with Crippen LogP contribution in [-0.4, -0.2) is 36.5 Å². The lowest BCUT2D eigenvalue weighted by molar-refractivity contribution is -0.116. The van der Waals surface area contributed by atoms with Crippen molar-refractivity contribution in [3.8, 4) is 0 Å². The van der Waals surface area contributed by atoms with Gasteiger partial charge in [0.05, 0.1) is 0 Å². The summed E-state index contributed by atoms with van der Waals surface area (Å²) in [5.41, 5.74) is 6.91. The Morgan fingerprint density at radius 3 is 2.84 bits per heavy atom. The van der Waals surface area contributed by atoms with Gasteiger partial charge in [-0.2, -0.15) is 0 Å². The van der Waals surface area contributed by atoms with E-state index >= 15 is 0 Å². The molecule has 3 N–H and O–H groups in total. The van der Waals surface area contributed by atoms with Crippen LogP contribution in [0, 0.1) is 5.92 Å². The standard InChI is InChI=1S/C15H23N3O/c1-12-7-9-18(11-14(12)16)10-8-15(19)17-13-5-3-2-4-6-13/h2-6,12,14H,7-11,16H2,1H3,(H,17,19). The van der Waals surface area contributed by atoms with Gasteiger partial charge in [-0.05, 0) is 31.0 Å². The SMILES string of the molecule is CC1CCN(CCC(=O)Nc2ccccc2)CC1N. The second-order valence-corrected chi connectivity index (χ2v) is 5.39.